The maximum absolute atomic E-state index is 12.2. The van der Waals surface area contributed by atoms with Crippen LogP contribution in [0.1, 0.15) is 43.4 Å². The second-order valence-electron chi connectivity index (χ2n) is 6.29. The molecule has 2 rings (SSSR count). The molecule has 0 saturated heterocycles. The number of hydrogen-bond acceptors (Lipinski definition) is 3. The standard InChI is InChI=1S/C20H26N2O2/c1-5-15-11-17(21)10-14(4)20(15)22-19(23)12-24-18-8-6-16(7-9-18)13(2)3/h6-11,13H,5,12,21H2,1-4H3,(H,22,23). The minimum absolute atomic E-state index is 0.0198. The predicted octanol–water partition coefficient (Wildman–Crippen LogP) is 4.28. The highest BCUT2D eigenvalue weighted by molar-refractivity contribution is 5.93. The van der Waals surface area contributed by atoms with Gasteiger partial charge in [-0.2, -0.15) is 0 Å². The van der Waals surface area contributed by atoms with Crippen LogP contribution in [0.25, 0.3) is 0 Å². The normalized spacial score (nSPS) is 10.7. The number of ether oxygens (including phenoxy) is 1. The molecule has 0 saturated carbocycles. The van der Waals surface area contributed by atoms with Gasteiger partial charge in [-0.1, -0.05) is 32.9 Å². The van der Waals surface area contributed by atoms with Crippen molar-refractivity contribution in [3.8, 4) is 5.75 Å². The molecule has 0 aliphatic heterocycles. The first-order valence-corrected chi connectivity index (χ1v) is 8.32. The fraction of sp³-hybridized carbons (Fsp3) is 0.350. The average molecular weight is 326 g/mol. The zero-order valence-electron chi connectivity index (χ0n) is 14.8. The van der Waals surface area contributed by atoms with Crippen LogP contribution in [0, 0.1) is 6.92 Å². The van der Waals surface area contributed by atoms with E-state index in [0.29, 0.717) is 17.4 Å². The number of aryl methyl sites for hydroxylation is 2. The number of carbonyl (C=O) groups is 1. The zero-order chi connectivity index (χ0) is 17.7. The monoisotopic (exact) mass is 326 g/mol. The van der Waals surface area contributed by atoms with Crippen LogP contribution >= 0.6 is 0 Å². The van der Waals surface area contributed by atoms with Gasteiger partial charge < -0.3 is 15.8 Å². The predicted molar refractivity (Wildman–Crippen MR) is 99.6 cm³/mol. The van der Waals surface area contributed by atoms with Crippen molar-refractivity contribution in [2.75, 3.05) is 17.7 Å². The van der Waals surface area contributed by atoms with Gasteiger partial charge in [0.05, 0.1) is 0 Å². The third kappa shape index (κ3) is 4.51. The molecular formula is C20H26N2O2. The lowest BCUT2D eigenvalue weighted by Gasteiger charge is -2.15. The SMILES string of the molecule is CCc1cc(N)cc(C)c1NC(=O)COc1ccc(C(C)C)cc1. The molecule has 4 nitrogen and oxygen atoms in total. The van der Waals surface area contributed by atoms with Crippen LogP contribution in [-0.2, 0) is 11.2 Å². The van der Waals surface area contributed by atoms with Gasteiger partial charge in [0.2, 0.25) is 0 Å². The maximum atomic E-state index is 12.2. The zero-order valence-corrected chi connectivity index (χ0v) is 14.8. The molecule has 0 bridgehead atoms. The van der Waals surface area contributed by atoms with Crippen molar-refractivity contribution in [1.29, 1.82) is 0 Å². The molecule has 3 N–H and O–H groups in total. The Labute approximate surface area is 144 Å². The van der Waals surface area contributed by atoms with Crippen LogP contribution in [0.3, 0.4) is 0 Å². The first-order valence-electron chi connectivity index (χ1n) is 8.32. The summed E-state index contributed by atoms with van der Waals surface area (Å²) in [6.07, 6.45) is 0.805. The summed E-state index contributed by atoms with van der Waals surface area (Å²) in [4.78, 5) is 12.2. The molecule has 2 aromatic carbocycles. The highest BCUT2D eigenvalue weighted by atomic mass is 16.5. The minimum Gasteiger partial charge on any atom is -0.484 e. The summed E-state index contributed by atoms with van der Waals surface area (Å²) >= 11 is 0. The molecule has 4 heteroatoms. The number of amides is 1. The molecule has 0 fully saturated rings. The van der Waals surface area contributed by atoms with E-state index in [9.17, 15) is 4.79 Å². The molecule has 0 atom stereocenters. The third-order valence-electron chi connectivity index (χ3n) is 4.00. The van der Waals surface area contributed by atoms with Crippen molar-refractivity contribution in [2.45, 2.75) is 40.0 Å². The van der Waals surface area contributed by atoms with Gasteiger partial charge in [0.25, 0.3) is 5.91 Å². The molecule has 24 heavy (non-hydrogen) atoms. The largest absolute Gasteiger partial charge is 0.484 e. The Morgan fingerprint density at radius 2 is 1.88 bits per heavy atom. The van der Waals surface area contributed by atoms with E-state index in [2.05, 4.69) is 19.2 Å². The summed E-state index contributed by atoms with van der Waals surface area (Å²) in [6.45, 7) is 8.24. The van der Waals surface area contributed by atoms with E-state index in [1.807, 2.05) is 50.2 Å². The molecule has 0 aliphatic rings. The number of rotatable bonds is 6. The number of nitrogens with two attached hydrogens (primary N) is 1. The molecule has 0 heterocycles. The van der Waals surface area contributed by atoms with E-state index < -0.39 is 0 Å². The number of anilines is 2. The Kier molecular flexibility index (Phi) is 5.85. The van der Waals surface area contributed by atoms with Crippen LogP contribution < -0.4 is 15.8 Å². The molecule has 128 valence electrons. The number of carbonyl (C=O) groups excluding carboxylic acids is 1. The quantitative estimate of drug-likeness (QED) is 0.779. The summed E-state index contributed by atoms with van der Waals surface area (Å²) in [6, 6.07) is 11.6. The molecule has 0 radical (unpaired) electrons. The first-order chi connectivity index (χ1) is 11.4. The Balaban J connectivity index is 1.99. The van der Waals surface area contributed by atoms with Crippen molar-refractivity contribution >= 4 is 17.3 Å². The Morgan fingerprint density at radius 3 is 2.46 bits per heavy atom. The molecule has 1 amide bonds. The van der Waals surface area contributed by atoms with Gasteiger partial charge in [0, 0.05) is 11.4 Å². The van der Waals surface area contributed by atoms with Gasteiger partial charge in [-0.15, -0.1) is 0 Å². The van der Waals surface area contributed by atoms with Crippen LogP contribution in [0.15, 0.2) is 36.4 Å². The van der Waals surface area contributed by atoms with Gasteiger partial charge in [-0.3, -0.25) is 4.79 Å². The minimum atomic E-state index is -0.175. The topological polar surface area (TPSA) is 64.3 Å². The van der Waals surface area contributed by atoms with Crippen molar-refractivity contribution in [2.24, 2.45) is 0 Å². The summed E-state index contributed by atoms with van der Waals surface area (Å²) < 4.78 is 5.58. The number of nitrogens with one attached hydrogen (secondary N) is 1. The van der Waals surface area contributed by atoms with Crippen LogP contribution in [0.2, 0.25) is 0 Å². The van der Waals surface area contributed by atoms with E-state index in [1.165, 1.54) is 5.56 Å². The summed E-state index contributed by atoms with van der Waals surface area (Å²) in [5.41, 5.74) is 10.6. The van der Waals surface area contributed by atoms with Crippen LogP contribution in [0.4, 0.5) is 11.4 Å². The lowest BCUT2D eigenvalue weighted by Crippen LogP contribution is -2.21. The van der Waals surface area contributed by atoms with Crippen molar-refractivity contribution in [1.82, 2.24) is 0 Å². The van der Waals surface area contributed by atoms with E-state index in [4.69, 9.17) is 10.5 Å². The molecular weight excluding hydrogens is 300 g/mol. The molecule has 2 aromatic rings. The average Bonchev–Trinajstić information content (AvgIpc) is 2.55. The fourth-order valence-electron chi connectivity index (χ4n) is 2.62. The first kappa shape index (κ1) is 17.9. The van der Waals surface area contributed by atoms with Gasteiger partial charge in [-0.05, 0) is 60.2 Å². The number of nitrogen functional groups attached to an aromatic ring is 1. The second kappa shape index (κ2) is 7.86. The third-order valence-corrected chi connectivity index (χ3v) is 4.00. The van der Waals surface area contributed by atoms with Crippen LogP contribution in [-0.4, -0.2) is 12.5 Å². The highest BCUT2D eigenvalue weighted by Crippen LogP contribution is 2.25. The van der Waals surface area contributed by atoms with Crippen molar-refractivity contribution in [3.63, 3.8) is 0 Å². The van der Waals surface area contributed by atoms with E-state index in [0.717, 1.165) is 23.2 Å². The van der Waals surface area contributed by atoms with Crippen molar-refractivity contribution < 1.29 is 9.53 Å². The number of hydrogen-bond donors (Lipinski definition) is 2. The fourth-order valence-corrected chi connectivity index (χ4v) is 2.62. The summed E-state index contributed by atoms with van der Waals surface area (Å²) in [7, 11) is 0. The highest BCUT2D eigenvalue weighted by Gasteiger charge is 2.11. The Hall–Kier alpha value is -2.49. The smallest absolute Gasteiger partial charge is 0.262 e. The van der Waals surface area contributed by atoms with E-state index in [1.54, 1.807) is 0 Å². The lowest BCUT2D eigenvalue weighted by atomic mass is 10.0. The molecule has 0 spiro atoms. The molecule has 0 unspecified atom stereocenters. The van der Waals surface area contributed by atoms with Gasteiger partial charge in [0.1, 0.15) is 5.75 Å². The molecule has 0 aliphatic carbocycles. The Morgan fingerprint density at radius 1 is 1.21 bits per heavy atom. The Bertz CT molecular complexity index is 706. The van der Waals surface area contributed by atoms with E-state index in [-0.39, 0.29) is 12.5 Å². The second-order valence-corrected chi connectivity index (χ2v) is 6.29. The van der Waals surface area contributed by atoms with Crippen molar-refractivity contribution in [3.05, 3.63) is 53.1 Å². The van der Waals surface area contributed by atoms with Crippen LogP contribution in [0.5, 0.6) is 5.75 Å². The number of benzene rings is 2. The summed E-state index contributed by atoms with van der Waals surface area (Å²) in [5.74, 6) is 0.994. The van der Waals surface area contributed by atoms with Gasteiger partial charge >= 0.3 is 0 Å². The lowest BCUT2D eigenvalue weighted by molar-refractivity contribution is -0.118. The van der Waals surface area contributed by atoms with Gasteiger partial charge in [-0.25, -0.2) is 0 Å². The maximum Gasteiger partial charge on any atom is 0.262 e. The summed E-state index contributed by atoms with van der Waals surface area (Å²) in [5, 5.41) is 2.94. The van der Waals surface area contributed by atoms with Gasteiger partial charge in [0.15, 0.2) is 6.61 Å². The van der Waals surface area contributed by atoms with E-state index >= 15 is 0 Å². The molecule has 0 aromatic heterocycles.